The van der Waals surface area contributed by atoms with Gasteiger partial charge in [-0.3, -0.25) is 0 Å². The van der Waals surface area contributed by atoms with Crippen LogP contribution in [0.1, 0.15) is 17.3 Å². The van der Waals surface area contributed by atoms with Crippen molar-refractivity contribution in [2.75, 3.05) is 19.0 Å². The van der Waals surface area contributed by atoms with Gasteiger partial charge in [-0.1, -0.05) is 23.2 Å². The molecule has 1 aromatic carbocycles. The molecule has 0 unspecified atom stereocenters. The summed E-state index contributed by atoms with van der Waals surface area (Å²) < 4.78 is 9.31. The molecule has 0 spiro atoms. The van der Waals surface area contributed by atoms with E-state index in [0.29, 0.717) is 0 Å². The van der Waals surface area contributed by atoms with E-state index in [4.69, 9.17) is 33.2 Å². The molecule has 0 fully saturated rings. The van der Waals surface area contributed by atoms with Gasteiger partial charge in [0.2, 0.25) is 0 Å². The molecule has 22 heavy (non-hydrogen) atoms. The third kappa shape index (κ3) is 4.13. The predicted octanol–water partition coefficient (Wildman–Crippen LogP) is 3.16. The summed E-state index contributed by atoms with van der Waals surface area (Å²) in [4.78, 5) is 23.1. The summed E-state index contributed by atoms with van der Waals surface area (Å²) in [6, 6.07) is 4.62. The van der Waals surface area contributed by atoms with Crippen molar-refractivity contribution in [1.29, 1.82) is 5.26 Å². The van der Waals surface area contributed by atoms with Crippen LogP contribution in [0.4, 0.5) is 5.69 Å². The highest BCUT2D eigenvalue weighted by Crippen LogP contribution is 2.32. The van der Waals surface area contributed by atoms with Crippen LogP contribution in [0, 0.1) is 11.3 Å². The van der Waals surface area contributed by atoms with E-state index < -0.39 is 11.9 Å². The van der Waals surface area contributed by atoms with Crippen molar-refractivity contribution in [3.8, 4) is 6.07 Å². The average molecular weight is 343 g/mol. The van der Waals surface area contributed by atoms with Gasteiger partial charge in [0.05, 0.1) is 35.0 Å². The van der Waals surface area contributed by atoms with E-state index in [1.807, 2.05) is 0 Å². The number of nitriles is 1. The molecule has 0 bridgehead atoms. The van der Waals surface area contributed by atoms with E-state index in [1.54, 1.807) is 13.0 Å². The number of ether oxygens (including phenoxy) is 2. The van der Waals surface area contributed by atoms with E-state index >= 15 is 0 Å². The van der Waals surface area contributed by atoms with Crippen LogP contribution in [-0.4, -0.2) is 25.7 Å². The molecule has 0 aromatic heterocycles. The largest absolute Gasteiger partial charge is 0.465 e. The monoisotopic (exact) mass is 342 g/mol. The Hall–Kier alpha value is -2.23. The first-order chi connectivity index (χ1) is 10.5. The molecule has 0 aliphatic rings. The number of carbonyl (C=O) groups excluding carboxylic acids is 2. The second-order valence-corrected chi connectivity index (χ2v) is 4.60. The Kier molecular flexibility index (Phi) is 6.70. The lowest BCUT2D eigenvalue weighted by atomic mass is 10.2. The minimum Gasteiger partial charge on any atom is -0.465 e. The van der Waals surface area contributed by atoms with Gasteiger partial charge >= 0.3 is 11.9 Å². The number of esters is 2. The number of hydrogen-bond donors (Lipinski definition) is 1. The number of halogens is 2. The number of nitrogens with zero attached hydrogens (tertiary/aromatic N) is 1. The van der Waals surface area contributed by atoms with Crippen LogP contribution < -0.4 is 5.32 Å². The third-order valence-corrected chi connectivity index (χ3v) is 3.18. The van der Waals surface area contributed by atoms with Gasteiger partial charge in [0.25, 0.3) is 0 Å². The van der Waals surface area contributed by atoms with Crippen molar-refractivity contribution in [1.82, 2.24) is 0 Å². The molecule has 0 heterocycles. The topological polar surface area (TPSA) is 88.4 Å². The van der Waals surface area contributed by atoms with Crippen LogP contribution in [0.2, 0.25) is 10.0 Å². The Labute approximate surface area is 137 Å². The van der Waals surface area contributed by atoms with Crippen molar-refractivity contribution in [3.05, 3.63) is 39.5 Å². The Morgan fingerprint density at radius 3 is 2.64 bits per heavy atom. The van der Waals surface area contributed by atoms with Crippen LogP contribution in [-0.2, 0) is 14.3 Å². The highest BCUT2D eigenvalue weighted by Gasteiger charge is 2.19. The van der Waals surface area contributed by atoms with Crippen molar-refractivity contribution < 1.29 is 19.1 Å². The summed E-state index contributed by atoms with van der Waals surface area (Å²) in [5.41, 5.74) is 0.0251. The Bertz CT molecular complexity index is 666. The van der Waals surface area contributed by atoms with Gasteiger partial charge in [-0.2, -0.15) is 5.26 Å². The first-order valence-corrected chi connectivity index (χ1v) is 6.82. The van der Waals surface area contributed by atoms with Crippen molar-refractivity contribution in [2.45, 2.75) is 6.92 Å². The predicted molar refractivity (Wildman–Crippen MR) is 81.8 cm³/mol. The quantitative estimate of drug-likeness (QED) is 0.502. The summed E-state index contributed by atoms with van der Waals surface area (Å²) in [6.07, 6.45) is 1.12. The average Bonchev–Trinajstić information content (AvgIpc) is 2.49. The van der Waals surface area contributed by atoms with Crippen LogP contribution in [0.3, 0.4) is 0 Å². The molecule has 0 aliphatic heterocycles. The first-order valence-electron chi connectivity index (χ1n) is 6.06. The van der Waals surface area contributed by atoms with Gasteiger partial charge in [-0.25, -0.2) is 9.59 Å². The van der Waals surface area contributed by atoms with E-state index in [0.717, 1.165) is 13.3 Å². The molecule has 0 amide bonds. The van der Waals surface area contributed by atoms with E-state index in [2.05, 4.69) is 10.1 Å². The number of carbonyl (C=O) groups is 2. The maximum atomic E-state index is 11.8. The van der Waals surface area contributed by atoms with Crippen molar-refractivity contribution in [2.24, 2.45) is 0 Å². The Morgan fingerprint density at radius 2 is 2.09 bits per heavy atom. The number of nitrogens with one attached hydrogen (secondary N) is 1. The highest BCUT2D eigenvalue weighted by atomic mass is 35.5. The molecule has 116 valence electrons. The zero-order valence-electron chi connectivity index (χ0n) is 11.8. The van der Waals surface area contributed by atoms with Crippen LogP contribution in [0.15, 0.2) is 23.9 Å². The van der Waals surface area contributed by atoms with Crippen LogP contribution >= 0.6 is 23.2 Å². The normalized spacial score (nSPS) is 10.6. The SMILES string of the molecule is CCOC(=O)c1c(Cl)ccc(NC=C(C#N)C(=O)OC)c1Cl. The smallest absolute Gasteiger partial charge is 0.350 e. The summed E-state index contributed by atoms with van der Waals surface area (Å²) in [6.45, 7) is 1.82. The van der Waals surface area contributed by atoms with E-state index in [9.17, 15) is 9.59 Å². The third-order valence-electron chi connectivity index (χ3n) is 2.47. The fraction of sp³-hybridized carbons (Fsp3) is 0.214. The molecular weight excluding hydrogens is 331 g/mol. The van der Waals surface area contributed by atoms with Crippen molar-refractivity contribution in [3.63, 3.8) is 0 Å². The summed E-state index contributed by atoms with van der Waals surface area (Å²) in [5.74, 6) is -1.47. The van der Waals surface area contributed by atoms with Gasteiger partial charge in [-0.15, -0.1) is 0 Å². The molecule has 1 aromatic rings. The van der Waals surface area contributed by atoms with Gasteiger partial charge < -0.3 is 14.8 Å². The summed E-state index contributed by atoms with van der Waals surface area (Å²) in [7, 11) is 1.15. The van der Waals surface area contributed by atoms with Crippen LogP contribution in [0.5, 0.6) is 0 Å². The van der Waals surface area contributed by atoms with E-state index in [-0.39, 0.29) is 33.5 Å². The molecule has 6 nitrogen and oxygen atoms in total. The summed E-state index contributed by atoms with van der Waals surface area (Å²) in [5, 5.41) is 11.7. The number of rotatable bonds is 5. The molecule has 1 N–H and O–H groups in total. The minimum absolute atomic E-state index is 0.000147. The van der Waals surface area contributed by atoms with Crippen LogP contribution in [0.25, 0.3) is 0 Å². The maximum Gasteiger partial charge on any atom is 0.350 e. The zero-order valence-corrected chi connectivity index (χ0v) is 13.3. The maximum absolute atomic E-state index is 11.8. The molecule has 0 aliphatic carbocycles. The number of hydrogen-bond acceptors (Lipinski definition) is 6. The van der Waals surface area contributed by atoms with Gasteiger partial charge in [0.1, 0.15) is 6.07 Å². The molecule has 0 saturated heterocycles. The fourth-order valence-corrected chi connectivity index (χ4v) is 2.03. The number of benzene rings is 1. The standard InChI is InChI=1S/C14H12Cl2N2O4/c1-3-22-14(20)11-9(15)4-5-10(12(11)16)18-7-8(6-17)13(19)21-2/h4-5,7,18H,3H2,1-2H3. The molecular formula is C14H12Cl2N2O4. The molecule has 8 heteroatoms. The second kappa shape index (κ2) is 8.27. The summed E-state index contributed by atoms with van der Waals surface area (Å²) >= 11 is 12.0. The lowest BCUT2D eigenvalue weighted by Crippen LogP contribution is -2.08. The second-order valence-electron chi connectivity index (χ2n) is 3.81. The van der Waals surface area contributed by atoms with E-state index in [1.165, 1.54) is 12.1 Å². The molecule has 0 saturated carbocycles. The van der Waals surface area contributed by atoms with Crippen molar-refractivity contribution >= 4 is 40.8 Å². The van der Waals surface area contributed by atoms with Gasteiger partial charge in [0, 0.05) is 6.20 Å². The van der Waals surface area contributed by atoms with Gasteiger partial charge in [-0.05, 0) is 19.1 Å². The highest BCUT2D eigenvalue weighted by molar-refractivity contribution is 6.41. The van der Waals surface area contributed by atoms with Gasteiger partial charge in [0.15, 0.2) is 5.57 Å². The minimum atomic E-state index is -0.800. The zero-order chi connectivity index (χ0) is 16.7. The lowest BCUT2D eigenvalue weighted by molar-refractivity contribution is -0.135. The Morgan fingerprint density at radius 1 is 1.41 bits per heavy atom. The number of methoxy groups -OCH3 is 1. The fourth-order valence-electron chi connectivity index (χ4n) is 1.45. The molecule has 1 rings (SSSR count). The Balaban J connectivity index is 3.15. The molecule has 0 radical (unpaired) electrons. The number of anilines is 1. The lowest BCUT2D eigenvalue weighted by Gasteiger charge is -2.11. The first kappa shape index (κ1) is 17.8. The molecule has 0 atom stereocenters.